The number of amides is 1. The largest absolute Gasteiger partial charge is 0.489 e. The molecule has 0 radical (unpaired) electrons. The van der Waals surface area contributed by atoms with E-state index < -0.39 is 18.0 Å². The van der Waals surface area contributed by atoms with Crippen molar-refractivity contribution in [1.82, 2.24) is 9.88 Å². The van der Waals surface area contributed by atoms with Crippen LogP contribution in [0.3, 0.4) is 0 Å². The lowest BCUT2D eigenvalue weighted by atomic mass is 10.1. The maximum Gasteiger partial charge on any atom is 0.320 e. The van der Waals surface area contributed by atoms with E-state index in [0.717, 1.165) is 16.7 Å². The lowest BCUT2D eigenvalue weighted by molar-refractivity contribution is -0.144. The number of rotatable bonds is 15. The number of carboxylic acid groups (broad SMARTS) is 2. The van der Waals surface area contributed by atoms with E-state index in [1.54, 1.807) is 41.6 Å². The van der Waals surface area contributed by atoms with E-state index in [2.05, 4.69) is 10.3 Å². The minimum atomic E-state index is -1.08. The first kappa shape index (κ1) is 30.7. The van der Waals surface area contributed by atoms with Gasteiger partial charge in [-0.05, 0) is 59.5 Å². The number of carbonyl (C=O) groups excluding carboxylic acids is 1. The third kappa shape index (κ3) is 9.94. The number of hydrogen-bond acceptors (Lipinski definition) is 6. The highest BCUT2D eigenvalue weighted by atomic mass is 16.5. The second kappa shape index (κ2) is 15.6. The first-order chi connectivity index (χ1) is 20.9. The molecule has 1 aromatic heterocycles. The van der Waals surface area contributed by atoms with Gasteiger partial charge in [0, 0.05) is 43.2 Å². The fraction of sp³-hybridized carbons (Fsp3) is 0.176. The van der Waals surface area contributed by atoms with Crippen molar-refractivity contribution in [2.75, 3.05) is 11.9 Å². The first-order valence-corrected chi connectivity index (χ1v) is 13.8. The van der Waals surface area contributed by atoms with Gasteiger partial charge in [-0.25, -0.2) is 0 Å². The molecule has 43 heavy (non-hydrogen) atoms. The van der Waals surface area contributed by atoms with Crippen molar-refractivity contribution in [3.8, 4) is 5.75 Å². The molecule has 9 nitrogen and oxygen atoms in total. The Morgan fingerprint density at radius 2 is 1.56 bits per heavy atom. The van der Waals surface area contributed by atoms with E-state index >= 15 is 0 Å². The molecule has 3 N–H and O–H groups in total. The Labute approximate surface area is 250 Å². The molecule has 4 aromatic rings. The minimum absolute atomic E-state index is 0.0251. The first-order valence-electron chi connectivity index (χ1n) is 13.8. The van der Waals surface area contributed by atoms with Crippen LogP contribution in [-0.2, 0) is 22.7 Å². The lowest BCUT2D eigenvalue weighted by Crippen LogP contribution is -2.41. The van der Waals surface area contributed by atoms with Gasteiger partial charge in [0.2, 0.25) is 0 Å². The zero-order chi connectivity index (χ0) is 30.4. The van der Waals surface area contributed by atoms with E-state index in [4.69, 9.17) is 4.74 Å². The Hall–Kier alpha value is -5.28. The number of hydrogen-bond donors (Lipinski definition) is 3. The monoisotopic (exact) mass is 579 g/mol. The second-order valence-electron chi connectivity index (χ2n) is 9.85. The molecule has 0 aliphatic heterocycles. The number of anilines is 1. The van der Waals surface area contributed by atoms with Crippen molar-refractivity contribution in [1.29, 1.82) is 0 Å². The quantitative estimate of drug-likeness (QED) is 0.162. The number of nitrogens with one attached hydrogen (secondary N) is 1. The van der Waals surface area contributed by atoms with Gasteiger partial charge >= 0.3 is 11.9 Å². The molecule has 1 amide bonds. The number of benzene rings is 3. The maximum atomic E-state index is 12.4. The zero-order valence-corrected chi connectivity index (χ0v) is 23.5. The lowest BCUT2D eigenvalue weighted by Gasteiger charge is -2.27. The Morgan fingerprint density at radius 1 is 0.860 bits per heavy atom. The number of carboxylic acids is 2. The zero-order valence-electron chi connectivity index (χ0n) is 23.5. The van der Waals surface area contributed by atoms with Gasteiger partial charge in [0.25, 0.3) is 5.91 Å². The molecule has 0 spiro atoms. The molecule has 1 heterocycles. The number of ether oxygens (including phenoxy) is 1. The van der Waals surface area contributed by atoms with Gasteiger partial charge in [0.05, 0.1) is 0 Å². The van der Waals surface area contributed by atoms with Gasteiger partial charge in [0.1, 0.15) is 18.4 Å². The van der Waals surface area contributed by atoms with E-state index in [9.17, 15) is 24.6 Å². The molecule has 0 saturated carbocycles. The van der Waals surface area contributed by atoms with Gasteiger partial charge in [0.15, 0.2) is 0 Å². The van der Waals surface area contributed by atoms with Crippen molar-refractivity contribution in [3.05, 3.63) is 132 Å². The van der Waals surface area contributed by atoms with Crippen molar-refractivity contribution in [3.63, 3.8) is 0 Å². The molecular formula is C34H33N3O6. The Kier molecular flexibility index (Phi) is 11.2. The van der Waals surface area contributed by atoms with Crippen LogP contribution in [0.15, 0.2) is 109 Å². The molecule has 0 unspecified atom stereocenters. The van der Waals surface area contributed by atoms with Crippen LogP contribution >= 0.6 is 0 Å². The summed E-state index contributed by atoms with van der Waals surface area (Å²) >= 11 is 0. The maximum absolute atomic E-state index is 12.4. The third-order valence-corrected chi connectivity index (χ3v) is 6.68. The summed E-state index contributed by atoms with van der Waals surface area (Å²) in [5, 5.41) is 22.0. The van der Waals surface area contributed by atoms with Crippen LogP contribution in [0.5, 0.6) is 5.75 Å². The Morgan fingerprint density at radius 3 is 2.21 bits per heavy atom. The second-order valence-corrected chi connectivity index (χ2v) is 9.85. The molecule has 0 saturated heterocycles. The Balaban J connectivity index is 1.40. The summed E-state index contributed by atoms with van der Waals surface area (Å²) in [5.41, 5.74) is 3.92. The van der Waals surface area contributed by atoms with Crippen LogP contribution in [0.4, 0.5) is 5.69 Å². The highest BCUT2D eigenvalue weighted by Gasteiger charge is 2.25. The molecule has 0 bridgehead atoms. The average molecular weight is 580 g/mol. The minimum Gasteiger partial charge on any atom is -0.489 e. The molecule has 0 fully saturated rings. The summed E-state index contributed by atoms with van der Waals surface area (Å²) in [6.07, 6.45) is 6.54. The molecular weight excluding hydrogens is 546 g/mol. The fourth-order valence-corrected chi connectivity index (χ4v) is 4.40. The summed E-state index contributed by atoms with van der Waals surface area (Å²) in [5.74, 6) is -1.66. The number of nitrogens with zero attached hydrogens (tertiary/aromatic N) is 2. The van der Waals surface area contributed by atoms with Crippen LogP contribution in [-0.4, -0.2) is 50.5 Å². The summed E-state index contributed by atoms with van der Waals surface area (Å²) in [6, 6.07) is 26.8. The van der Waals surface area contributed by atoms with Gasteiger partial charge in [-0.2, -0.15) is 0 Å². The number of carbonyl (C=O) groups is 3. The summed E-state index contributed by atoms with van der Waals surface area (Å²) in [6.45, 7) is 1.02. The summed E-state index contributed by atoms with van der Waals surface area (Å²) < 4.78 is 5.86. The number of aromatic nitrogens is 1. The highest BCUT2D eigenvalue weighted by Crippen LogP contribution is 2.19. The summed E-state index contributed by atoms with van der Waals surface area (Å²) in [7, 11) is 0. The van der Waals surface area contributed by atoms with Gasteiger partial charge in [-0.15, -0.1) is 0 Å². The van der Waals surface area contributed by atoms with Crippen LogP contribution in [0, 0.1) is 0 Å². The van der Waals surface area contributed by atoms with Gasteiger partial charge in [-0.1, -0.05) is 66.7 Å². The predicted molar refractivity (Wildman–Crippen MR) is 164 cm³/mol. The Bertz CT molecular complexity index is 1510. The molecule has 3 aromatic carbocycles. The normalized spacial score (nSPS) is 11.7. The SMILES string of the molecule is O=C(O)CC[C@@H](C(=O)O)N(C/C=C/c1ccc(NC(=O)c2ccncc2)cc1)Cc1ccc(OCc2ccccc2)cc1. The van der Waals surface area contributed by atoms with Crippen LogP contribution in [0.1, 0.15) is 39.9 Å². The number of aliphatic carboxylic acids is 2. The third-order valence-electron chi connectivity index (χ3n) is 6.68. The molecule has 0 aliphatic rings. The van der Waals surface area contributed by atoms with Crippen LogP contribution in [0.2, 0.25) is 0 Å². The van der Waals surface area contributed by atoms with Gasteiger partial charge in [-0.3, -0.25) is 24.3 Å². The van der Waals surface area contributed by atoms with Gasteiger partial charge < -0.3 is 20.3 Å². The molecule has 220 valence electrons. The fourth-order valence-electron chi connectivity index (χ4n) is 4.40. The topological polar surface area (TPSA) is 129 Å². The number of pyridine rings is 1. The van der Waals surface area contributed by atoms with E-state index in [0.29, 0.717) is 30.2 Å². The van der Waals surface area contributed by atoms with E-state index in [1.807, 2.05) is 78.9 Å². The molecule has 4 rings (SSSR count). The molecule has 9 heteroatoms. The van der Waals surface area contributed by atoms with Crippen LogP contribution < -0.4 is 10.1 Å². The van der Waals surface area contributed by atoms with Crippen LogP contribution in [0.25, 0.3) is 6.08 Å². The van der Waals surface area contributed by atoms with Crippen molar-refractivity contribution >= 4 is 29.6 Å². The molecule has 1 atom stereocenters. The smallest absolute Gasteiger partial charge is 0.320 e. The van der Waals surface area contributed by atoms with Crippen molar-refractivity contribution in [2.45, 2.75) is 32.0 Å². The summed E-state index contributed by atoms with van der Waals surface area (Å²) in [4.78, 5) is 41.4. The predicted octanol–water partition coefficient (Wildman–Crippen LogP) is 5.75. The average Bonchev–Trinajstić information content (AvgIpc) is 3.02. The highest BCUT2D eigenvalue weighted by molar-refractivity contribution is 6.04. The van der Waals surface area contributed by atoms with E-state index in [1.165, 1.54) is 0 Å². The van der Waals surface area contributed by atoms with Crippen molar-refractivity contribution < 1.29 is 29.3 Å². The van der Waals surface area contributed by atoms with Crippen molar-refractivity contribution in [2.24, 2.45) is 0 Å². The van der Waals surface area contributed by atoms with E-state index in [-0.39, 0.29) is 25.3 Å². The standard InChI is InChI=1S/C34H33N3O6/c38-32(39)17-16-31(34(41)42)37(23-26-10-14-30(15-11-26)43-24-27-5-2-1-3-6-27)22-4-7-25-8-12-29(13-9-25)36-33(40)28-18-20-35-21-19-28/h1-15,18-21,31H,16-17,22-24H2,(H,36,40)(H,38,39)(H,41,42)/b7-4+/t31-/m0/s1. The molecule has 0 aliphatic carbocycles.